The van der Waals surface area contributed by atoms with Crippen molar-refractivity contribution in [3.63, 3.8) is 0 Å². The molecule has 0 amide bonds. The highest BCUT2D eigenvalue weighted by Gasteiger charge is 2.27. The van der Waals surface area contributed by atoms with Crippen molar-refractivity contribution in [3.8, 4) is 11.4 Å². The van der Waals surface area contributed by atoms with Gasteiger partial charge in [-0.2, -0.15) is 0 Å². The quantitative estimate of drug-likeness (QED) is 0.732. The Balaban J connectivity index is 1.63. The van der Waals surface area contributed by atoms with Gasteiger partial charge in [0.25, 0.3) is 0 Å². The van der Waals surface area contributed by atoms with Gasteiger partial charge < -0.3 is 10.6 Å². The summed E-state index contributed by atoms with van der Waals surface area (Å²) in [6.45, 7) is 5.43. The van der Waals surface area contributed by atoms with E-state index in [2.05, 4.69) is 50.0 Å². The molecule has 1 fully saturated rings. The van der Waals surface area contributed by atoms with Crippen LogP contribution in [0.15, 0.2) is 24.8 Å². The number of rotatable bonds is 5. The molecular weight excluding hydrogens is 339 g/mol. The number of hydrogen-bond donors (Lipinski definition) is 2. The third-order valence-corrected chi connectivity index (χ3v) is 5.86. The van der Waals surface area contributed by atoms with Gasteiger partial charge in [0, 0.05) is 36.1 Å². The van der Waals surface area contributed by atoms with Crippen LogP contribution in [0.5, 0.6) is 0 Å². The van der Waals surface area contributed by atoms with Crippen molar-refractivity contribution in [1.82, 2.24) is 24.7 Å². The van der Waals surface area contributed by atoms with E-state index in [1.807, 2.05) is 6.20 Å². The van der Waals surface area contributed by atoms with Gasteiger partial charge in [-0.05, 0) is 5.92 Å². The van der Waals surface area contributed by atoms with E-state index in [0.29, 0.717) is 18.3 Å². The third kappa shape index (κ3) is 3.11. The Morgan fingerprint density at radius 3 is 3.04 bits per heavy atom. The second-order valence-corrected chi connectivity index (χ2v) is 7.74. The van der Waals surface area contributed by atoms with E-state index in [9.17, 15) is 4.39 Å². The van der Waals surface area contributed by atoms with E-state index in [-0.39, 0.29) is 18.6 Å². The zero-order valence-corrected chi connectivity index (χ0v) is 15.1. The summed E-state index contributed by atoms with van der Waals surface area (Å²) in [6.07, 6.45) is 7.36. The molecule has 2 atom stereocenters. The molecule has 2 unspecified atom stereocenters. The molecule has 1 saturated heterocycles. The number of nitrogens with zero attached hydrogens (tertiary/aromatic N) is 4. The molecule has 0 spiro atoms. The summed E-state index contributed by atoms with van der Waals surface area (Å²) in [4.78, 5) is 15.7. The summed E-state index contributed by atoms with van der Waals surface area (Å²) in [5, 5.41) is 6.52. The molecule has 25 heavy (non-hydrogen) atoms. The second-order valence-electron chi connectivity index (χ2n) is 6.70. The average Bonchev–Trinajstić information content (AvgIpc) is 3.29. The minimum absolute atomic E-state index is 0.0300. The number of halogens is 1. The standard InChI is InChI=1S/C17H21FN6S/c1-10(2)15-9-24-14(7-21-17(24)25-15)13-6-20-8-16(23-13)22-12-5-19-4-11(12)3-18/h6-12,19H,3-5H2,1-2H3,(H,22,23). The van der Waals surface area contributed by atoms with Crippen LogP contribution in [0.3, 0.4) is 0 Å². The molecule has 4 rings (SSSR count). The summed E-state index contributed by atoms with van der Waals surface area (Å²) in [5.74, 6) is 1.10. The number of fused-ring (bicyclic) bond motifs is 1. The fraction of sp³-hybridized carbons (Fsp3) is 0.471. The molecule has 6 nitrogen and oxygen atoms in total. The number of hydrogen-bond acceptors (Lipinski definition) is 6. The van der Waals surface area contributed by atoms with Crippen molar-refractivity contribution in [3.05, 3.63) is 29.7 Å². The Morgan fingerprint density at radius 2 is 2.24 bits per heavy atom. The van der Waals surface area contributed by atoms with Gasteiger partial charge in [0.15, 0.2) is 4.96 Å². The number of alkyl halides is 1. The van der Waals surface area contributed by atoms with E-state index in [4.69, 9.17) is 0 Å². The van der Waals surface area contributed by atoms with Crippen molar-refractivity contribution in [1.29, 1.82) is 0 Å². The summed E-state index contributed by atoms with van der Waals surface area (Å²) in [6, 6.07) is 0.0358. The molecular formula is C17H21FN6S. The Kier molecular flexibility index (Phi) is 4.39. The van der Waals surface area contributed by atoms with Crippen LogP contribution in [0.4, 0.5) is 10.2 Å². The second kappa shape index (κ2) is 6.68. The lowest BCUT2D eigenvalue weighted by atomic mass is 10.1. The van der Waals surface area contributed by atoms with Gasteiger partial charge in [-0.25, -0.2) is 9.97 Å². The molecule has 1 aliphatic rings. The van der Waals surface area contributed by atoms with Crippen LogP contribution in [0.1, 0.15) is 24.6 Å². The molecule has 4 heterocycles. The van der Waals surface area contributed by atoms with Crippen LogP contribution in [-0.4, -0.2) is 45.2 Å². The molecule has 0 radical (unpaired) electrons. The summed E-state index contributed by atoms with van der Waals surface area (Å²) < 4.78 is 15.1. The Labute approximate surface area is 149 Å². The van der Waals surface area contributed by atoms with Gasteiger partial charge in [-0.3, -0.25) is 13.8 Å². The first-order valence-electron chi connectivity index (χ1n) is 8.48. The lowest BCUT2D eigenvalue weighted by Crippen LogP contribution is -2.29. The maximum Gasteiger partial charge on any atom is 0.194 e. The number of thiazole rings is 1. The Morgan fingerprint density at radius 1 is 1.36 bits per heavy atom. The van der Waals surface area contributed by atoms with Crippen LogP contribution < -0.4 is 10.6 Å². The van der Waals surface area contributed by atoms with E-state index in [0.717, 1.165) is 22.9 Å². The van der Waals surface area contributed by atoms with Crippen molar-refractivity contribution >= 4 is 22.1 Å². The lowest BCUT2D eigenvalue weighted by molar-refractivity contribution is 0.367. The fourth-order valence-electron chi connectivity index (χ4n) is 3.07. The van der Waals surface area contributed by atoms with Crippen LogP contribution in [-0.2, 0) is 0 Å². The predicted molar refractivity (Wildman–Crippen MR) is 97.9 cm³/mol. The molecule has 3 aromatic rings. The minimum atomic E-state index is -0.339. The predicted octanol–water partition coefficient (Wildman–Crippen LogP) is 2.95. The lowest BCUT2D eigenvalue weighted by Gasteiger charge is -2.17. The molecule has 1 aliphatic heterocycles. The summed E-state index contributed by atoms with van der Waals surface area (Å²) in [7, 11) is 0. The zero-order valence-electron chi connectivity index (χ0n) is 14.2. The zero-order chi connectivity index (χ0) is 17.4. The topological polar surface area (TPSA) is 67.1 Å². The maximum atomic E-state index is 13.1. The van der Waals surface area contributed by atoms with Crippen molar-refractivity contribution in [2.24, 2.45) is 5.92 Å². The number of imidazole rings is 1. The molecule has 3 aromatic heterocycles. The number of anilines is 1. The van der Waals surface area contributed by atoms with Gasteiger partial charge in [0.1, 0.15) is 11.5 Å². The Bertz CT molecular complexity index is 873. The van der Waals surface area contributed by atoms with Gasteiger partial charge in [0.2, 0.25) is 0 Å². The van der Waals surface area contributed by atoms with Crippen LogP contribution in [0, 0.1) is 5.92 Å². The highest BCUT2D eigenvalue weighted by molar-refractivity contribution is 7.17. The SMILES string of the molecule is CC(C)c1cn2c(-c3cncc(NC4CNCC4CF)n3)cnc2s1. The van der Waals surface area contributed by atoms with Gasteiger partial charge in [-0.15, -0.1) is 11.3 Å². The van der Waals surface area contributed by atoms with Crippen molar-refractivity contribution < 1.29 is 4.39 Å². The molecule has 0 aliphatic carbocycles. The highest BCUT2D eigenvalue weighted by Crippen LogP contribution is 2.29. The number of aromatic nitrogens is 4. The van der Waals surface area contributed by atoms with Crippen LogP contribution >= 0.6 is 11.3 Å². The minimum Gasteiger partial charge on any atom is -0.364 e. The van der Waals surface area contributed by atoms with E-state index in [1.165, 1.54) is 4.88 Å². The first kappa shape index (κ1) is 16.4. The van der Waals surface area contributed by atoms with Crippen molar-refractivity contribution in [2.75, 3.05) is 25.1 Å². The largest absolute Gasteiger partial charge is 0.364 e. The molecule has 0 saturated carbocycles. The fourth-order valence-corrected chi connectivity index (χ4v) is 4.03. The summed E-state index contributed by atoms with van der Waals surface area (Å²) >= 11 is 1.69. The van der Waals surface area contributed by atoms with Crippen LogP contribution in [0.25, 0.3) is 16.3 Å². The summed E-state index contributed by atoms with van der Waals surface area (Å²) in [5.41, 5.74) is 1.68. The first-order valence-corrected chi connectivity index (χ1v) is 9.29. The van der Waals surface area contributed by atoms with Crippen molar-refractivity contribution in [2.45, 2.75) is 25.8 Å². The average molecular weight is 360 g/mol. The van der Waals surface area contributed by atoms with E-state index < -0.39 is 0 Å². The normalized spacial score (nSPS) is 20.6. The first-order chi connectivity index (χ1) is 12.2. The van der Waals surface area contributed by atoms with E-state index >= 15 is 0 Å². The van der Waals surface area contributed by atoms with Gasteiger partial charge in [0.05, 0.1) is 31.0 Å². The molecule has 8 heteroatoms. The maximum absolute atomic E-state index is 13.1. The molecule has 132 valence electrons. The highest BCUT2D eigenvalue weighted by atomic mass is 32.1. The van der Waals surface area contributed by atoms with Gasteiger partial charge >= 0.3 is 0 Å². The molecule has 0 aromatic carbocycles. The smallest absolute Gasteiger partial charge is 0.194 e. The monoisotopic (exact) mass is 360 g/mol. The molecule has 0 bridgehead atoms. The number of nitrogens with one attached hydrogen (secondary N) is 2. The van der Waals surface area contributed by atoms with Crippen LogP contribution in [0.2, 0.25) is 0 Å². The Hall–Kier alpha value is -2.06. The molecule has 2 N–H and O–H groups in total. The third-order valence-electron chi connectivity index (χ3n) is 4.57. The van der Waals surface area contributed by atoms with Gasteiger partial charge in [-0.1, -0.05) is 13.8 Å². The van der Waals surface area contributed by atoms with E-state index in [1.54, 1.807) is 23.7 Å².